The molecule has 2 N–H and O–H groups in total. The molecule has 1 saturated carbocycles. The van der Waals surface area contributed by atoms with Crippen LogP contribution in [0.1, 0.15) is 44.9 Å². The predicted octanol–water partition coefficient (Wildman–Crippen LogP) is 1.69. The highest BCUT2D eigenvalue weighted by Gasteiger charge is 2.29. The fraction of sp³-hybridized carbons (Fsp3) is 0.250. The van der Waals surface area contributed by atoms with E-state index in [1.807, 2.05) is 0 Å². The Morgan fingerprint density at radius 1 is 1.32 bits per heavy atom. The Balaban J connectivity index is 1.57. The topological polar surface area (TPSA) is 84.2 Å². The molecule has 98 valence electrons. The van der Waals surface area contributed by atoms with Crippen LogP contribution in [0.5, 0.6) is 0 Å². The van der Waals surface area contributed by atoms with E-state index in [9.17, 15) is 9.59 Å². The van der Waals surface area contributed by atoms with E-state index >= 15 is 0 Å². The summed E-state index contributed by atoms with van der Waals surface area (Å²) >= 11 is 1.30. The van der Waals surface area contributed by atoms with Crippen LogP contribution in [0.3, 0.4) is 0 Å². The first-order valence-electron chi connectivity index (χ1n) is 5.84. The highest BCUT2D eigenvalue weighted by atomic mass is 32.1. The van der Waals surface area contributed by atoms with Crippen molar-refractivity contribution in [3.63, 3.8) is 0 Å². The van der Waals surface area contributed by atoms with Crippen LogP contribution in [0.15, 0.2) is 28.1 Å². The molecule has 1 aliphatic rings. The minimum Gasteiger partial charge on any atom is -0.435 e. The highest BCUT2D eigenvalue weighted by Crippen LogP contribution is 2.39. The smallest absolute Gasteiger partial charge is 0.307 e. The van der Waals surface area contributed by atoms with Crippen molar-refractivity contribution >= 4 is 23.2 Å². The minimum atomic E-state index is -0.510. The molecule has 0 atom stereocenters. The van der Waals surface area contributed by atoms with Gasteiger partial charge in [0.05, 0.1) is 11.1 Å². The van der Waals surface area contributed by atoms with Crippen molar-refractivity contribution in [3.8, 4) is 0 Å². The largest absolute Gasteiger partial charge is 0.435 e. The van der Waals surface area contributed by atoms with Crippen molar-refractivity contribution < 1.29 is 14.0 Å². The summed E-state index contributed by atoms with van der Waals surface area (Å²) < 4.78 is 5.32. The van der Waals surface area contributed by atoms with Crippen LogP contribution in [0.25, 0.3) is 0 Å². The summed E-state index contributed by atoms with van der Waals surface area (Å²) in [5.74, 6) is 0.181. The summed E-state index contributed by atoms with van der Waals surface area (Å²) in [6.45, 7) is 0. The molecule has 2 amide bonds. The van der Waals surface area contributed by atoms with Crippen molar-refractivity contribution in [2.24, 2.45) is 0 Å². The normalized spacial score (nSPS) is 14.1. The van der Waals surface area contributed by atoms with E-state index in [0.717, 1.165) is 12.8 Å². The van der Waals surface area contributed by atoms with Crippen LogP contribution < -0.4 is 10.9 Å². The molecule has 1 aliphatic carbocycles. The molecule has 0 aromatic carbocycles. The van der Waals surface area contributed by atoms with E-state index < -0.39 is 5.91 Å². The molecule has 2 aromatic heterocycles. The average molecular weight is 277 g/mol. The summed E-state index contributed by atoms with van der Waals surface area (Å²) in [7, 11) is 0. The number of aromatic nitrogens is 1. The van der Waals surface area contributed by atoms with Gasteiger partial charge in [-0.1, -0.05) is 6.07 Å². The van der Waals surface area contributed by atoms with Crippen LogP contribution in [-0.4, -0.2) is 16.8 Å². The maximum atomic E-state index is 11.7. The summed E-state index contributed by atoms with van der Waals surface area (Å²) in [4.78, 5) is 27.9. The van der Waals surface area contributed by atoms with Gasteiger partial charge in [0.15, 0.2) is 5.89 Å². The van der Waals surface area contributed by atoms with Crippen LogP contribution in [0.2, 0.25) is 0 Å². The van der Waals surface area contributed by atoms with Gasteiger partial charge in [0.25, 0.3) is 5.91 Å². The molecule has 0 bridgehead atoms. The monoisotopic (exact) mass is 277 g/mol. The molecule has 19 heavy (non-hydrogen) atoms. The first-order valence-corrected chi connectivity index (χ1v) is 6.72. The maximum Gasteiger partial charge on any atom is 0.307 e. The van der Waals surface area contributed by atoms with Crippen LogP contribution in [0, 0.1) is 0 Å². The molecule has 0 aliphatic heterocycles. The van der Waals surface area contributed by atoms with Crippen LogP contribution >= 0.6 is 11.3 Å². The molecule has 1 fully saturated rings. The standard InChI is InChI=1S/C12H11N3O3S/c16-10(8-6-13-12(18-8)7-3-4-7)14-15-11(17)9-2-1-5-19-9/h1-2,5-7H,3-4H2,(H,14,16)(H,15,17). The minimum absolute atomic E-state index is 0.105. The Labute approximate surface area is 112 Å². The molecular formula is C12H11N3O3S. The molecule has 0 unspecified atom stereocenters. The van der Waals surface area contributed by atoms with Gasteiger partial charge < -0.3 is 4.42 Å². The number of nitrogens with one attached hydrogen (secondary N) is 2. The van der Waals surface area contributed by atoms with Crippen LogP contribution in [0.4, 0.5) is 0 Å². The lowest BCUT2D eigenvalue weighted by Gasteiger charge is -2.03. The lowest BCUT2D eigenvalue weighted by Crippen LogP contribution is -2.41. The number of rotatable bonds is 3. The van der Waals surface area contributed by atoms with Gasteiger partial charge in [0, 0.05) is 5.92 Å². The van der Waals surface area contributed by atoms with Gasteiger partial charge in [-0.05, 0) is 24.3 Å². The maximum absolute atomic E-state index is 11.7. The lowest BCUT2D eigenvalue weighted by atomic mass is 10.4. The van der Waals surface area contributed by atoms with Gasteiger partial charge >= 0.3 is 5.91 Å². The number of carbonyl (C=O) groups is 2. The van der Waals surface area contributed by atoms with E-state index in [0.29, 0.717) is 16.7 Å². The van der Waals surface area contributed by atoms with E-state index in [4.69, 9.17) is 4.42 Å². The number of carbonyl (C=O) groups excluding carboxylic acids is 2. The van der Waals surface area contributed by atoms with Gasteiger partial charge in [-0.3, -0.25) is 20.4 Å². The van der Waals surface area contributed by atoms with Crippen molar-refractivity contribution in [3.05, 3.63) is 40.2 Å². The molecule has 2 heterocycles. The van der Waals surface area contributed by atoms with Gasteiger partial charge in [-0.2, -0.15) is 0 Å². The van der Waals surface area contributed by atoms with E-state index in [-0.39, 0.29) is 11.7 Å². The Kier molecular flexibility index (Phi) is 3.04. The highest BCUT2D eigenvalue weighted by molar-refractivity contribution is 7.12. The molecule has 0 saturated heterocycles. The van der Waals surface area contributed by atoms with Crippen molar-refractivity contribution in [2.45, 2.75) is 18.8 Å². The molecule has 3 rings (SSSR count). The molecule has 6 nitrogen and oxygen atoms in total. The average Bonchev–Trinajstić information content (AvgIpc) is 2.96. The fourth-order valence-corrected chi connectivity index (χ4v) is 2.18. The van der Waals surface area contributed by atoms with Crippen molar-refractivity contribution in [2.75, 3.05) is 0 Å². The number of hydrogen-bond donors (Lipinski definition) is 2. The Morgan fingerprint density at radius 3 is 2.79 bits per heavy atom. The van der Waals surface area contributed by atoms with E-state index in [1.54, 1.807) is 17.5 Å². The Bertz CT molecular complexity index is 602. The molecular weight excluding hydrogens is 266 g/mol. The third-order valence-corrected chi connectivity index (χ3v) is 3.58. The lowest BCUT2D eigenvalue weighted by molar-refractivity contribution is 0.0832. The third kappa shape index (κ3) is 2.65. The second-order valence-corrected chi connectivity index (χ2v) is 5.17. The molecule has 7 heteroatoms. The first kappa shape index (κ1) is 11.9. The second kappa shape index (κ2) is 4.85. The second-order valence-electron chi connectivity index (χ2n) is 4.22. The summed E-state index contributed by atoms with van der Waals surface area (Å²) in [6.07, 6.45) is 3.48. The number of thiophene rings is 1. The first-order chi connectivity index (χ1) is 9.24. The zero-order valence-electron chi connectivity index (χ0n) is 9.88. The SMILES string of the molecule is O=C(NNC(=O)c1cccs1)c1cnc(C2CC2)o1. The summed E-state index contributed by atoms with van der Waals surface area (Å²) in [6, 6.07) is 3.44. The Hall–Kier alpha value is -2.15. The fourth-order valence-electron chi connectivity index (χ4n) is 1.56. The number of hydrogen-bond acceptors (Lipinski definition) is 5. The number of oxazole rings is 1. The van der Waals surface area contributed by atoms with Gasteiger partial charge in [0.1, 0.15) is 0 Å². The zero-order valence-corrected chi connectivity index (χ0v) is 10.7. The van der Waals surface area contributed by atoms with E-state index in [2.05, 4.69) is 15.8 Å². The molecule has 2 aromatic rings. The zero-order chi connectivity index (χ0) is 13.2. The summed E-state index contributed by atoms with van der Waals surface area (Å²) in [5.41, 5.74) is 4.62. The number of hydrazine groups is 1. The van der Waals surface area contributed by atoms with Crippen molar-refractivity contribution in [1.82, 2.24) is 15.8 Å². The van der Waals surface area contributed by atoms with E-state index in [1.165, 1.54) is 17.5 Å². The molecule has 0 spiro atoms. The Morgan fingerprint density at radius 2 is 2.11 bits per heavy atom. The van der Waals surface area contributed by atoms with Gasteiger partial charge in [-0.25, -0.2) is 4.98 Å². The quantitative estimate of drug-likeness (QED) is 0.836. The van der Waals surface area contributed by atoms with Gasteiger partial charge in [-0.15, -0.1) is 11.3 Å². The third-order valence-electron chi connectivity index (χ3n) is 2.71. The predicted molar refractivity (Wildman–Crippen MR) is 67.7 cm³/mol. The summed E-state index contributed by atoms with van der Waals surface area (Å²) in [5, 5.41) is 1.79. The number of amides is 2. The van der Waals surface area contributed by atoms with Crippen molar-refractivity contribution in [1.29, 1.82) is 0 Å². The van der Waals surface area contributed by atoms with Gasteiger partial charge in [0.2, 0.25) is 5.76 Å². The molecule has 0 radical (unpaired) electrons. The van der Waals surface area contributed by atoms with Crippen LogP contribution in [-0.2, 0) is 0 Å². The number of nitrogens with zero attached hydrogens (tertiary/aromatic N) is 1.